The third-order valence-electron chi connectivity index (χ3n) is 3.50. The molecule has 2 rings (SSSR count). The van der Waals surface area contributed by atoms with Crippen LogP contribution in [0.25, 0.3) is 0 Å². The molecule has 0 aliphatic heterocycles. The zero-order chi connectivity index (χ0) is 14.9. The number of carbonyl (C=O) groups excluding carboxylic acids is 1. The lowest BCUT2D eigenvalue weighted by Gasteiger charge is -2.21. The average Bonchev–Trinajstić information content (AvgIpc) is 2.84. The van der Waals surface area contributed by atoms with Crippen LogP contribution in [0, 0.1) is 0 Å². The number of aromatic nitrogens is 2. The van der Waals surface area contributed by atoms with Crippen LogP contribution in [-0.4, -0.2) is 27.3 Å². The Hall–Kier alpha value is -1.72. The molecule has 0 aromatic carbocycles. The molecule has 20 heavy (non-hydrogen) atoms. The Kier molecular flexibility index (Phi) is 3.92. The van der Waals surface area contributed by atoms with E-state index >= 15 is 0 Å². The minimum atomic E-state index is -0.461. The normalized spacial score (nSPS) is 22.8. The van der Waals surface area contributed by atoms with Gasteiger partial charge in [-0.25, -0.2) is 9.78 Å². The van der Waals surface area contributed by atoms with E-state index in [1.54, 1.807) is 0 Å². The number of nitrogens with zero attached hydrogens (tertiary/aromatic N) is 2. The molecule has 3 N–H and O–H groups in total. The fraction of sp³-hybridized carbons (Fsp3) is 0.714. The van der Waals surface area contributed by atoms with Crippen molar-refractivity contribution in [3.8, 4) is 0 Å². The van der Waals surface area contributed by atoms with Crippen molar-refractivity contribution in [2.45, 2.75) is 57.6 Å². The second kappa shape index (κ2) is 5.34. The van der Waals surface area contributed by atoms with Crippen LogP contribution < -0.4 is 11.1 Å². The zero-order valence-electron chi connectivity index (χ0n) is 12.6. The highest BCUT2D eigenvalue weighted by Gasteiger charge is 2.30. The van der Waals surface area contributed by atoms with Crippen LogP contribution in [0.2, 0.25) is 0 Å². The molecule has 0 saturated heterocycles. The van der Waals surface area contributed by atoms with Gasteiger partial charge in [-0.15, -0.1) is 0 Å². The summed E-state index contributed by atoms with van der Waals surface area (Å²) in [6.45, 7) is 5.59. The van der Waals surface area contributed by atoms with Gasteiger partial charge in [0.2, 0.25) is 0 Å². The Bertz CT molecular complexity index is 470. The van der Waals surface area contributed by atoms with Crippen molar-refractivity contribution in [3.63, 3.8) is 0 Å². The summed E-state index contributed by atoms with van der Waals surface area (Å²) in [5.41, 5.74) is 6.31. The molecule has 1 amide bonds. The Balaban J connectivity index is 1.88. The molecule has 0 unspecified atom stereocenters. The first-order valence-electron chi connectivity index (χ1n) is 7.03. The summed E-state index contributed by atoms with van der Waals surface area (Å²) in [6.07, 6.45) is 4.46. The number of hydrogen-bond donors (Lipinski definition) is 2. The van der Waals surface area contributed by atoms with Gasteiger partial charge in [0, 0.05) is 25.2 Å². The molecule has 0 bridgehead atoms. The Morgan fingerprint density at radius 2 is 2.20 bits per heavy atom. The number of imidazole rings is 1. The topological polar surface area (TPSA) is 82.2 Å². The van der Waals surface area contributed by atoms with Gasteiger partial charge in [0.05, 0.1) is 5.69 Å². The van der Waals surface area contributed by atoms with E-state index in [0.717, 1.165) is 25.0 Å². The summed E-state index contributed by atoms with van der Waals surface area (Å²) in [6, 6.07) is 0.151. The number of anilines is 1. The summed E-state index contributed by atoms with van der Waals surface area (Å²) in [4.78, 5) is 16.1. The maximum Gasteiger partial charge on any atom is 0.407 e. The van der Waals surface area contributed by atoms with Gasteiger partial charge >= 0.3 is 6.09 Å². The van der Waals surface area contributed by atoms with Gasteiger partial charge < -0.3 is 20.4 Å². The molecule has 0 radical (unpaired) electrons. The average molecular weight is 280 g/mol. The smallest absolute Gasteiger partial charge is 0.407 e. The van der Waals surface area contributed by atoms with Crippen molar-refractivity contribution in [3.05, 3.63) is 11.9 Å². The highest BCUT2D eigenvalue weighted by Crippen LogP contribution is 2.34. The van der Waals surface area contributed by atoms with E-state index in [1.165, 1.54) is 0 Å². The minimum Gasteiger partial charge on any atom is -0.444 e. The molecule has 1 aliphatic rings. The quantitative estimate of drug-likeness (QED) is 0.869. The van der Waals surface area contributed by atoms with E-state index in [1.807, 2.05) is 38.6 Å². The monoisotopic (exact) mass is 280 g/mol. The molecule has 1 heterocycles. The fourth-order valence-electron chi connectivity index (χ4n) is 2.56. The summed E-state index contributed by atoms with van der Waals surface area (Å²) in [7, 11) is 1.89. The van der Waals surface area contributed by atoms with E-state index in [4.69, 9.17) is 10.5 Å². The molecule has 6 nitrogen and oxygen atoms in total. The SMILES string of the molecule is Cn1cc([C@H]2CC[C@@H](NC(=O)OC(C)(C)C)C2)nc1N. The maximum absolute atomic E-state index is 11.7. The van der Waals surface area contributed by atoms with E-state index in [-0.39, 0.29) is 12.1 Å². The highest BCUT2D eigenvalue weighted by atomic mass is 16.6. The van der Waals surface area contributed by atoms with Crippen LogP contribution in [-0.2, 0) is 11.8 Å². The van der Waals surface area contributed by atoms with Gasteiger partial charge in [-0.2, -0.15) is 0 Å². The number of ether oxygens (including phenoxy) is 1. The number of hydrogen-bond acceptors (Lipinski definition) is 4. The Morgan fingerprint density at radius 1 is 1.50 bits per heavy atom. The van der Waals surface area contributed by atoms with Crippen LogP contribution in [0.1, 0.15) is 51.6 Å². The molecule has 1 fully saturated rings. The first kappa shape index (κ1) is 14.7. The van der Waals surface area contributed by atoms with Gasteiger partial charge in [0.25, 0.3) is 0 Å². The molecule has 112 valence electrons. The number of aryl methyl sites for hydroxylation is 1. The summed E-state index contributed by atoms with van der Waals surface area (Å²) in [5.74, 6) is 0.891. The number of nitrogens with two attached hydrogens (primary N) is 1. The number of nitrogens with one attached hydrogen (secondary N) is 1. The highest BCUT2D eigenvalue weighted by molar-refractivity contribution is 5.68. The Labute approximate surface area is 119 Å². The molecule has 0 spiro atoms. The predicted molar refractivity (Wildman–Crippen MR) is 77.4 cm³/mol. The van der Waals surface area contributed by atoms with Gasteiger partial charge in [0.15, 0.2) is 5.95 Å². The third kappa shape index (κ3) is 3.65. The van der Waals surface area contributed by atoms with E-state index in [0.29, 0.717) is 11.9 Å². The molecule has 1 aromatic heterocycles. The molecule has 1 aromatic rings. The minimum absolute atomic E-state index is 0.151. The van der Waals surface area contributed by atoms with Gasteiger partial charge in [-0.05, 0) is 40.0 Å². The lowest BCUT2D eigenvalue weighted by atomic mass is 10.1. The predicted octanol–water partition coefficient (Wildman–Crippen LogP) is 2.16. The molecule has 1 aliphatic carbocycles. The lowest BCUT2D eigenvalue weighted by Crippen LogP contribution is -2.37. The zero-order valence-corrected chi connectivity index (χ0v) is 12.6. The largest absolute Gasteiger partial charge is 0.444 e. The van der Waals surface area contributed by atoms with Crippen molar-refractivity contribution in [2.75, 3.05) is 5.73 Å². The van der Waals surface area contributed by atoms with Gasteiger partial charge in [0.1, 0.15) is 5.60 Å². The van der Waals surface area contributed by atoms with E-state index in [2.05, 4.69) is 10.3 Å². The first-order valence-corrected chi connectivity index (χ1v) is 7.03. The fourth-order valence-corrected chi connectivity index (χ4v) is 2.56. The third-order valence-corrected chi connectivity index (χ3v) is 3.50. The molecular weight excluding hydrogens is 256 g/mol. The number of rotatable bonds is 2. The summed E-state index contributed by atoms with van der Waals surface area (Å²) < 4.78 is 7.10. The molecule has 6 heteroatoms. The number of nitrogen functional groups attached to an aromatic ring is 1. The van der Waals surface area contributed by atoms with E-state index < -0.39 is 5.60 Å². The maximum atomic E-state index is 11.7. The van der Waals surface area contributed by atoms with Crippen LogP contribution in [0.5, 0.6) is 0 Å². The van der Waals surface area contributed by atoms with Crippen molar-refractivity contribution in [2.24, 2.45) is 7.05 Å². The Morgan fingerprint density at radius 3 is 2.75 bits per heavy atom. The van der Waals surface area contributed by atoms with Gasteiger partial charge in [-0.1, -0.05) is 0 Å². The number of carbonyl (C=O) groups is 1. The van der Waals surface area contributed by atoms with Gasteiger partial charge in [-0.3, -0.25) is 0 Å². The number of amides is 1. The molecule has 1 saturated carbocycles. The van der Waals surface area contributed by atoms with E-state index in [9.17, 15) is 4.79 Å². The lowest BCUT2D eigenvalue weighted by molar-refractivity contribution is 0.0505. The molecule has 2 atom stereocenters. The second-order valence-electron chi connectivity index (χ2n) is 6.49. The van der Waals surface area contributed by atoms with Crippen molar-refractivity contribution < 1.29 is 9.53 Å². The second-order valence-corrected chi connectivity index (χ2v) is 6.49. The van der Waals surface area contributed by atoms with Crippen molar-refractivity contribution >= 4 is 12.0 Å². The molecular formula is C14H24N4O2. The standard InChI is InChI=1S/C14H24N4O2/c1-14(2,3)20-13(19)16-10-6-5-9(7-10)11-8-18(4)12(15)17-11/h8-10H,5-7H2,1-4H3,(H2,15,17)(H,16,19)/t9-,10+/m0/s1. The van der Waals surface area contributed by atoms with Crippen LogP contribution in [0.4, 0.5) is 10.7 Å². The van der Waals surface area contributed by atoms with Crippen molar-refractivity contribution in [1.29, 1.82) is 0 Å². The van der Waals surface area contributed by atoms with Crippen LogP contribution in [0.3, 0.4) is 0 Å². The summed E-state index contributed by atoms with van der Waals surface area (Å²) >= 11 is 0. The van der Waals surface area contributed by atoms with Crippen molar-refractivity contribution in [1.82, 2.24) is 14.9 Å². The summed E-state index contributed by atoms with van der Waals surface area (Å²) in [5, 5.41) is 2.93. The number of alkyl carbamates (subject to hydrolysis) is 1. The van der Waals surface area contributed by atoms with Crippen LogP contribution >= 0.6 is 0 Å². The first-order chi connectivity index (χ1) is 9.24. The van der Waals surface area contributed by atoms with Crippen LogP contribution in [0.15, 0.2) is 6.20 Å².